The van der Waals surface area contributed by atoms with Crippen LogP contribution in [0.25, 0.3) is 0 Å². The Bertz CT molecular complexity index is 955. The molecule has 0 saturated carbocycles. The Morgan fingerprint density at radius 1 is 1.12 bits per heavy atom. The van der Waals surface area contributed by atoms with E-state index < -0.39 is 0 Å². The summed E-state index contributed by atoms with van der Waals surface area (Å²) in [5, 5.41) is 3.85. The summed E-state index contributed by atoms with van der Waals surface area (Å²) in [7, 11) is 0. The molecule has 26 heavy (non-hydrogen) atoms. The minimum atomic E-state index is -0.0771. The van der Waals surface area contributed by atoms with E-state index in [1.807, 2.05) is 53.4 Å². The van der Waals surface area contributed by atoms with Gasteiger partial charge in [0.05, 0.1) is 22.6 Å². The third kappa shape index (κ3) is 3.04. The predicted octanol–water partition coefficient (Wildman–Crippen LogP) is 5.07. The number of amides is 1. The standard InChI is InChI=1S/C21H18ClN3O/c1-14-12-15-6-2-5-9-20(15)25(14)21(26)19-11-10-16(13-23-19)24-18-8-4-3-7-17(18)22/h2-11,13-14,24H,12H2,1H3. The van der Waals surface area contributed by atoms with Crippen LogP contribution in [0.1, 0.15) is 23.0 Å². The van der Waals surface area contributed by atoms with E-state index in [2.05, 4.69) is 23.3 Å². The van der Waals surface area contributed by atoms with Crippen LogP contribution in [0.3, 0.4) is 0 Å². The van der Waals surface area contributed by atoms with E-state index in [0.29, 0.717) is 10.7 Å². The molecule has 0 spiro atoms. The lowest BCUT2D eigenvalue weighted by molar-refractivity contribution is 0.0976. The zero-order valence-electron chi connectivity index (χ0n) is 14.3. The van der Waals surface area contributed by atoms with Crippen molar-refractivity contribution in [3.8, 4) is 0 Å². The highest BCUT2D eigenvalue weighted by Gasteiger charge is 2.31. The maximum absolute atomic E-state index is 13.0. The number of nitrogens with zero attached hydrogens (tertiary/aromatic N) is 2. The number of nitrogens with one attached hydrogen (secondary N) is 1. The Morgan fingerprint density at radius 3 is 2.65 bits per heavy atom. The molecular weight excluding hydrogens is 346 g/mol. The minimum Gasteiger partial charge on any atom is -0.353 e. The second kappa shape index (κ2) is 6.81. The highest BCUT2D eigenvalue weighted by atomic mass is 35.5. The SMILES string of the molecule is CC1Cc2ccccc2N1C(=O)c1ccc(Nc2ccccc2Cl)cn1. The average molecular weight is 364 g/mol. The molecule has 130 valence electrons. The fourth-order valence-corrected chi connectivity index (χ4v) is 3.49. The first-order valence-electron chi connectivity index (χ1n) is 8.52. The van der Waals surface area contributed by atoms with Crippen molar-refractivity contribution in [2.45, 2.75) is 19.4 Å². The van der Waals surface area contributed by atoms with Crippen molar-refractivity contribution in [1.29, 1.82) is 0 Å². The summed E-state index contributed by atoms with van der Waals surface area (Å²) in [6.07, 6.45) is 2.53. The second-order valence-corrected chi connectivity index (χ2v) is 6.80. The predicted molar refractivity (Wildman–Crippen MR) is 105 cm³/mol. The van der Waals surface area contributed by atoms with Gasteiger partial charge in [0.15, 0.2) is 0 Å². The molecule has 1 aliphatic rings. The Labute approximate surface area is 157 Å². The largest absolute Gasteiger partial charge is 0.353 e. The van der Waals surface area contributed by atoms with E-state index in [-0.39, 0.29) is 11.9 Å². The van der Waals surface area contributed by atoms with E-state index in [0.717, 1.165) is 23.5 Å². The van der Waals surface area contributed by atoms with Crippen molar-refractivity contribution in [3.05, 3.63) is 83.1 Å². The van der Waals surface area contributed by atoms with Gasteiger partial charge in [-0.1, -0.05) is 41.9 Å². The number of carbonyl (C=O) groups is 1. The van der Waals surface area contributed by atoms with Crippen molar-refractivity contribution in [2.24, 2.45) is 0 Å². The smallest absolute Gasteiger partial charge is 0.277 e. The van der Waals surface area contributed by atoms with Gasteiger partial charge >= 0.3 is 0 Å². The van der Waals surface area contributed by atoms with Gasteiger partial charge in [0.2, 0.25) is 0 Å². The zero-order chi connectivity index (χ0) is 18.1. The second-order valence-electron chi connectivity index (χ2n) is 6.39. The molecule has 1 aromatic heterocycles. The molecule has 1 atom stereocenters. The van der Waals surface area contributed by atoms with E-state index in [1.54, 1.807) is 12.3 Å². The number of rotatable bonds is 3. The number of hydrogen-bond acceptors (Lipinski definition) is 3. The Kier molecular flexibility index (Phi) is 4.35. The van der Waals surface area contributed by atoms with Crippen molar-refractivity contribution in [1.82, 2.24) is 4.98 Å². The van der Waals surface area contributed by atoms with Crippen LogP contribution in [0.2, 0.25) is 5.02 Å². The molecule has 1 unspecified atom stereocenters. The molecule has 1 aliphatic heterocycles. The van der Waals surface area contributed by atoms with E-state index in [9.17, 15) is 4.79 Å². The number of hydrogen-bond donors (Lipinski definition) is 1. The number of pyridine rings is 1. The highest BCUT2D eigenvalue weighted by molar-refractivity contribution is 6.33. The lowest BCUT2D eigenvalue weighted by Crippen LogP contribution is -2.36. The lowest BCUT2D eigenvalue weighted by atomic mass is 10.1. The molecule has 0 fully saturated rings. The molecule has 4 nitrogen and oxygen atoms in total. The molecule has 2 heterocycles. The quantitative estimate of drug-likeness (QED) is 0.706. The molecule has 3 aromatic rings. The normalized spacial score (nSPS) is 15.6. The van der Waals surface area contributed by atoms with Crippen LogP contribution in [0.4, 0.5) is 17.1 Å². The minimum absolute atomic E-state index is 0.0771. The first kappa shape index (κ1) is 16.6. The first-order chi connectivity index (χ1) is 12.6. The van der Waals surface area contributed by atoms with Crippen LogP contribution in [0.15, 0.2) is 66.9 Å². The maximum atomic E-state index is 13.0. The Hall–Kier alpha value is -2.85. The molecule has 1 amide bonds. The van der Waals surface area contributed by atoms with Crippen LogP contribution in [-0.2, 0) is 6.42 Å². The number of benzene rings is 2. The number of carbonyl (C=O) groups excluding carboxylic acids is 1. The molecule has 0 aliphatic carbocycles. The monoisotopic (exact) mass is 363 g/mol. The third-order valence-corrected chi connectivity index (χ3v) is 4.89. The molecule has 5 heteroatoms. The number of fused-ring (bicyclic) bond motifs is 1. The molecule has 1 N–H and O–H groups in total. The highest BCUT2D eigenvalue weighted by Crippen LogP contribution is 2.33. The molecule has 0 bridgehead atoms. The van der Waals surface area contributed by atoms with Gasteiger partial charge in [-0.25, -0.2) is 4.98 Å². The van der Waals surface area contributed by atoms with Crippen molar-refractivity contribution in [2.75, 3.05) is 10.2 Å². The van der Waals surface area contributed by atoms with Gasteiger partial charge in [-0.05, 0) is 49.2 Å². The van der Waals surface area contributed by atoms with E-state index >= 15 is 0 Å². The van der Waals surface area contributed by atoms with E-state index in [4.69, 9.17) is 11.6 Å². The van der Waals surface area contributed by atoms with Crippen LogP contribution in [-0.4, -0.2) is 16.9 Å². The first-order valence-corrected chi connectivity index (χ1v) is 8.90. The van der Waals surface area contributed by atoms with Gasteiger partial charge in [-0.2, -0.15) is 0 Å². The number of anilines is 3. The van der Waals surface area contributed by atoms with Crippen molar-refractivity contribution >= 4 is 34.6 Å². The van der Waals surface area contributed by atoms with E-state index in [1.165, 1.54) is 5.56 Å². The lowest BCUT2D eigenvalue weighted by Gasteiger charge is -2.22. The van der Waals surface area contributed by atoms with Crippen LogP contribution in [0.5, 0.6) is 0 Å². The summed E-state index contributed by atoms with van der Waals surface area (Å²) in [5.41, 5.74) is 4.19. The summed E-state index contributed by atoms with van der Waals surface area (Å²) in [4.78, 5) is 19.2. The van der Waals surface area contributed by atoms with Gasteiger partial charge in [0.25, 0.3) is 5.91 Å². The van der Waals surface area contributed by atoms with Gasteiger partial charge in [-0.3, -0.25) is 4.79 Å². The Balaban J connectivity index is 1.56. The average Bonchev–Trinajstić information content (AvgIpc) is 2.99. The Morgan fingerprint density at radius 2 is 1.88 bits per heavy atom. The molecule has 0 radical (unpaired) electrons. The molecule has 0 saturated heterocycles. The summed E-state index contributed by atoms with van der Waals surface area (Å²) in [6.45, 7) is 2.06. The summed E-state index contributed by atoms with van der Waals surface area (Å²) >= 11 is 6.16. The number of halogens is 1. The third-order valence-electron chi connectivity index (χ3n) is 4.56. The molecule has 2 aromatic carbocycles. The van der Waals surface area contributed by atoms with Gasteiger partial charge in [0, 0.05) is 11.7 Å². The zero-order valence-corrected chi connectivity index (χ0v) is 15.1. The summed E-state index contributed by atoms with van der Waals surface area (Å²) in [5.74, 6) is -0.0771. The topological polar surface area (TPSA) is 45.2 Å². The fraction of sp³-hybridized carbons (Fsp3) is 0.143. The van der Waals surface area contributed by atoms with Crippen LogP contribution in [0, 0.1) is 0 Å². The van der Waals surface area contributed by atoms with Crippen LogP contribution >= 0.6 is 11.6 Å². The molecular formula is C21H18ClN3O. The van der Waals surface area contributed by atoms with Gasteiger partial charge in [-0.15, -0.1) is 0 Å². The summed E-state index contributed by atoms with van der Waals surface area (Å²) in [6, 6.07) is 19.2. The van der Waals surface area contributed by atoms with Crippen LogP contribution < -0.4 is 10.2 Å². The molecule has 4 rings (SSSR count). The fourth-order valence-electron chi connectivity index (χ4n) is 3.31. The number of aromatic nitrogens is 1. The van der Waals surface area contributed by atoms with Crippen molar-refractivity contribution in [3.63, 3.8) is 0 Å². The van der Waals surface area contributed by atoms with Crippen molar-refractivity contribution < 1.29 is 4.79 Å². The summed E-state index contributed by atoms with van der Waals surface area (Å²) < 4.78 is 0. The number of para-hydroxylation sites is 2. The maximum Gasteiger partial charge on any atom is 0.277 e. The van der Waals surface area contributed by atoms with Gasteiger partial charge in [0.1, 0.15) is 5.69 Å². The van der Waals surface area contributed by atoms with Gasteiger partial charge < -0.3 is 10.2 Å².